The number of carbonyl (C=O) groups is 3. The van der Waals surface area contributed by atoms with Gasteiger partial charge in [0.2, 0.25) is 0 Å². The first-order valence-electron chi connectivity index (χ1n) is 8.12. The molecular formula is C20H17ClO4S. The third-order valence-corrected chi connectivity index (χ3v) is 5.96. The Labute approximate surface area is 160 Å². The van der Waals surface area contributed by atoms with Crippen LogP contribution in [-0.2, 0) is 19.1 Å². The van der Waals surface area contributed by atoms with Crippen molar-refractivity contribution >= 4 is 40.9 Å². The van der Waals surface area contributed by atoms with Gasteiger partial charge in [0, 0.05) is 22.3 Å². The van der Waals surface area contributed by atoms with E-state index in [0.29, 0.717) is 5.02 Å². The smallest absolute Gasteiger partial charge is 0.316 e. The summed E-state index contributed by atoms with van der Waals surface area (Å²) >= 11 is 7.03. The van der Waals surface area contributed by atoms with E-state index in [9.17, 15) is 14.4 Å². The van der Waals surface area contributed by atoms with Crippen molar-refractivity contribution in [3.63, 3.8) is 0 Å². The molecule has 0 aromatic heterocycles. The Bertz CT molecular complexity index is 819. The van der Waals surface area contributed by atoms with E-state index in [4.69, 9.17) is 16.3 Å². The SMILES string of the molecule is COC(=O)[C@@H]1C(=O)[C@H](Sc2ccc(Cl)cc2)C(=O)C[C@@H]1c1ccccc1. The summed E-state index contributed by atoms with van der Waals surface area (Å²) in [4.78, 5) is 38.8. The first-order valence-corrected chi connectivity index (χ1v) is 9.38. The van der Waals surface area contributed by atoms with Crippen LogP contribution in [0, 0.1) is 5.92 Å². The zero-order valence-corrected chi connectivity index (χ0v) is 15.6. The van der Waals surface area contributed by atoms with Crippen molar-refractivity contribution in [2.45, 2.75) is 22.5 Å². The number of Topliss-reactive ketones (excluding diaryl/α,β-unsaturated/α-hetero) is 2. The van der Waals surface area contributed by atoms with Gasteiger partial charge in [-0.15, -0.1) is 11.8 Å². The maximum atomic E-state index is 13.0. The molecule has 2 aromatic carbocycles. The number of benzene rings is 2. The molecule has 0 radical (unpaired) electrons. The van der Waals surface area contributed by atoms with Gasteiger partial charge >= 0.3 is 5.97 Å². The lowest BCUT2D eigenvalue weighted by Gasteiger charge is -2.32. The van der Waals surface area contributed by atoms with Crippen molar-refractivity contribution in [3.05, 3.63) is 65.2 Å². The fourth-order valence-corrected chi connectivity index (χ4v) is 4.33. The van der Waals surface area contributed by atoms with Crippen LogP contribution >= 0.6 is 23.4 Å². The predicted molar refractivity (Wildman–Crippen MR) is 100 cm³/mol. The van der Waals surface area contributed by atoms with E-state index in [1.807, 2.05) is 30.3 Å². The van der Waals surface area contributed by atoms with Crippen molar-refractivity contribution in [3.8, 4) is 0 Å². The molecule has 3 atom stereocenters. The molecule has 0 amide bonds. The lowest BCUT2D eigenvalue weighted by Crippen LogP contribution is -2.46. The van der Waals surface area contributed by atoms with Gasteiger partial charge in [-0.25, -0.2) is 0 Å². The number of hydrogen-bond acceptors (Lipinski definition) is 5. The summed E-state index contributed by atoms with van der Waals surface area (Å²) < 4.78 is 4.86. The summed E-state index contributed by atoms with van der Waals surface area (Å²) in [6, 6.07) is 16.1. The van der Waals surface area contributed by atoms with E-state index >= 15 is 0 Å². The quantitative estimate of drug-likeness (QED) is 0.587. The van der Waals surface area contributed by atoms with Crippen LogP contribution in [0.1, 0.15) is 17.9 Å². The van der Waals surface area contributed by atoms with E-state index in [2.05, 4.69) is 0 Å². The van der Waals surface area contributed by atoms with E-state index in [-0.39, 0.29) is 12.2 Å². The minimum atomic E-state index is -0.982. The number of methoxy groups -OCH3 is 1. The molecule has 134 valence electrons. The molecule has 26 heavy (non-hydrogen) atoms. The fourth-order valence-electron chi connectivity index (χ4n) is 3.15. The third kappa shape index (κ3) is 3.84. The molecule has 2 aromatic rings. The van der Waals surface area contributed by atoms with Crippen LogP contribution in [0.4, 0.5) is 0 Å². The zero-order valence-electron chi connectivity index (χ0n) is 14.1. The van der Waals surface area contributed by atoms with Crippen molar-refractivity contribution in [2.75, 3.05) is 7.11 Å². The molecule has 1 fully saturated rings. The van der Waals surface area contributed by atoms with Crippen LogP contribution < -0.4 is 0 Å². The van der Waals surface area contributed by atoms with Gasteiger partial charge in [0.1, 0.15) is 11.2 Å². The average Bonchev–Trinajstić information content (AvgIpc) is 2.66. The minimum Gasteiger partial charge on any atom is -0.468 e. The van der Waals surface area contributed by atoms with E-state index in [1.54, 1.807) is 24.3 Å². The van der Waals surface area contributed by atoms with E-state index in [1.165, 1.54) is 7.11 Å². The highest BCUT2D eigenvalue weighted by atomic mass is 35.5. The summed E-state index contributed by atoms with van der Waals surface area (Å²) in [6.45, 7) is 0. The molecule has 0 unspecified atom stereocenters. The molecule has 4 nitrogen and oxygen atoms in total. The van der Waals surface area contributed by atoms with Crippen molar-refractivity contribution in [2.24, 2.45) is 5.92 Å². The van der Waals surface area contributed by atoms with Crippen LogP contribution in [0.15, 0.2) is 59.5 Å². The zero-order chi connectivity index (χ0) is 18.7. The summed E-state index contributed by atoms with van der Waals surface area (Å²) in [5, 5.41) is -0.340. The molecule has 0 heterocycles. The molecule has 1 saturated carbocycles. The van der Waals surface area contributed by atoms with Gasteiger partial charge in [-0.1, -0.05) is 41.9 Å². The molecule has 0 N–H and O–H groups in total. The maximum Gasteiger partial charge on any atom is 0.316 e. The second-order valence-corrected chi connectivity index (χ2v) is 7.66. The highest BCUT2D eigenvalue weighted by Gasteiger charge is 2.48. The van der Waals surface area contributed by atoms with E-state index in [0.717, 1.165) is 22.2 Å². The number of ether oxygens (including phenoxy) is 1. The van der Waals surface area contributed by atoms with Gasteiger partial charge in [-0.05, 0) is 29.8 Å². The summed E-state index contributed by atoms with van der Waals surface area (Å²) in [6.07, 6.45) is 0.126. The van der Waals surface area contributed by atoms with Crippen molar-refractivity contribution in [1.82, 2.24) is 0 Å². The van der Waals surface area contributed by atoms with Crippen LogP contribution in [0.25, 0.3) is 0 Å². The Morgan fingerprint density at radius 3 is 2.35 bits per heavy atom. The minimum absolute atomic E-state index is 0.126. The topological polar surface area (TPSA) is 60.4 Å². The highest BCUT2D eigenvalue weighted by molar-refractivity contribution is 8.01. The molecule has 0 aliphatic heterocycles. The first kappa shape index (κ1) is 18.7. The summed E-state index contributed by atoms with van der Waals surface area (Å²) in [5.74, 6) is -2.65. The molecule has 0 saturated heterocycles. The monoisotopic (exact) mass is 388 g/mol. The fraction of sp³-hybridized carbons (Fsp3) is 0.250. The van der Waals surface area contributed by atoms with Crippen molar-refractivity contribution < 1.29 is 19.1 Å². The lowest BCUT2D eigenvalue weighted by molar-refractivity contribution is -0.152. The normalized spacial score (nSPS) is 22.9. The van der Waals surface area contributed by atoms with Gasteiger partial charge < -0.3 is 4.74 Å². The Balaban J connectivity index is 1.91. The highest BCUT2D eigenvalue weighted by Crippen LogP contribution is 2.40. The van der Waals surface area contributed by atoms with Gasteiger partial charge in [0.15, 0.2) is 11.6 Å². The van der Waals surface area contributed by atoms with Crippen molar-refractivity contribution in [1.29, 1.82) is 0 Å². The standard InChI is InChI=1S/C20H17ClO4S/c1-25-20(24)17-15(12-5-3-2-4-6-12)11-16(22)19(18(17)23)26-14-9-7-13(21)8-10-14/h2-10,15,17,19H,11H2,1H3/t15-,17+,19-/m1/s1. The second-order valence-electron chi connectivity index (χ2n) is 6.04. The Kier molecular flexibility index (Phi) is 5.79. The summed E-state index contributed by atoms with van der Waals surface area (Å²) in [7, 11) is 1.26. The Hall–Kier alpha value is -2.11. The van der Waals surface area contributed by atoms with Gasteiger partial charge in [0.25, 0.3) is 0 Å². The maximum absolute atomic E-state index is 13.0. The second kappa shape index (κ2) is 8.06. The third-order valence-electron chi connectivity index (χ3n) is 4.43. The van der Waals surface area contributed by atoms with Crippen LogP contribution in [0.5, 0.6) is 0 Å². The number of ketones is 2. The van der Waals surface area contributed by atoms with Gasteiger partial charge in [-0.3, -0.25) is 14.4 Å². The predicted octanol–water partition coefficient (Wildman–Crippen LogP) is 3.92. The molecule has 1 aliphatic carbocycles. The number of hydrogen-bond donors (Lipinski definition) is 0. The Morgan fingerprint density at radius 1 is 1.08 bits per heavy atom. The largest absolute Gasteiger partial charge is 0.468 e. The molecular weight excluding hydrogens is 372 g/mol. The molecule has 0 bridgehead atoms. The van der Waals surface area contributed by atoms with Crippen LogP contribution in [0.2, 0.25) is 5.02 Å². The number of carbonyl (C=O) groups excluding carboxylic acids is 3. The molecule has 0 spiro atoms. The number of rotatable bonds is 4. The molecule has 6 heteroatoms. The van der Waals surface area contributed by atoms with Crippen LogP contribution in [-0.4, -0.2) is 29.9 Å². The van der Waals surface area contributed by atoms with Crippen LogP contribution in [0.3, 0.4) is 0 Å². The number of halogens is 1. The molecule has 3 rings (SSSR count). The average molecular weight is 389 g/mol. The number of esters is 1. The lowest BCUT2D eigenvalue weighted by atomic mass is 9.74. The number of thioether (sulfide) groups is 1. The van der Waals surface area contributed by atoms with E-state index < -0.39 is 28.8 Å². The summed E-state index contributed by atoms with van der Waals surface area (Å²) in [5.41, 5.74) is 0.791. The van der Waals surface area contributed by atoms with Gasteiger partial charge in [-0.2, -0.15) is 0 Å². The first-order chi connectivity index (χ1) is 12.5. The van der Waals surface area contributed by atoms with Gasteiger partial charge in [0.05, 0.1) is 7.11 Å². The Morgan fingerprint density at radius 2 is 1.73 bits per heavy atom. The molecule has 1 aliphatic rings.